The van der Waals surface area contributed by atoms with E-state index in [4.69, 9.17) is 0 Å². The van der Waals surface area contributed by atoms with Crippen molar-refractivity contribution in [2.24, 2.45) is 0 Å². The largest absolute Gasteiger partial charge is 0.346 e. The lowest BCUT2D eigenvalue weighted by Crippen LogP contribution is -1.69. The van der Waals surface area contributed by atoms with Gasteiger partial charge in [0.2, 0.25) is 0 Å². The normalized spacial score (nSPS) is 8.00. The van der Waals surface area contributed by atoms with Crippen LogP contribution in [0.2, 0.25) is 0 Å². The molecular formula is C6H6N4O. The Hall–Kier alpha value is -1.78. The number of nitrogens with zero attached hydrogens (tertiary/aromatic N) is 4. The summed E-state index contributed by atoms with van der Waals surface area (Å²) in [5, 5.41) is 13.5. The first kappa shape index (κ1) is 7.33. The van der Waals surface area contributed by atoms with Gasteiger partial charge in [-0.05, 0) is 12.1 Å². The highest BCUT2D eigenvalue weighted by molar-refractivity contribution is 4.79. The molecule has 0 atom stereocenters. The number of hydrogen-bond donors (Lipinski definition) is 0. The SMILES string of the molecule is c1ccnnc1.c1conn1. The van der Waals surface area contributed by atoms with Crippen LogP contribution in [0.4, 0.5) is 0 Å². The molecule has 5 heteroatoms. The first-order valence-electron chi connectivity index (χ1n) is 2.93. The Bertz CT molecular complexity index is 200. The van der Waals surface area contributed by atoms with Crippen LogP contribution < -0.4 is 0 Å². The number of hydrogen-bond acceptors (Lipinski definition) is 5. The Kier molecular flexibility index (Phi) is 3.36. The second-order valence-corrected chi connectivity index (χ2v) is 1.50. The van der Waals surface area contributed by atoms with Crippen molar-refractivity contribution in [3.8, 4) is 0 Å². The highest BCUT2D eigenvalue weighted by Gasteiger charge is 1.61. The third-order valence-electron chi connectivity index (χ3n) is 0.766. The molecule has 2 aromatic heterocycles. The van der Waals surface area contributed by atoms with Crippen LogP contribution >= 0.6 is 0 Å². The smallest absolute Gasteiger partial charge is 0.144 e. The van der Waals surface area contributed by atoms with Crippen LogP contribution in [0.15, 0.2) is 41.5 Å². The van der Waals surface area contributed by atoms with Crippen LogP contribution in [-0.4, -0.2) is 20.6 Å². The minimum atomic E-state index is 1.40. The van der Waals surface area contributed by atoms with Gasteiger partial charge in [0.05, 0.1) is 6.20 Å². The Balaban J connectivity index is 0.000000112. The van der Waals surface area contributed by atoms with E-state index in [1.165, 1.54) is 12.5 Å². The fraction of sp³-hybridized carbons (Fsp3) is 0. The van der Waals surface area contributed by atoms with Gasteiger partial charge in [-0.2, -0.15) is 10.2 Å². The van der Waals surface area contributed by atoms with Gasteiger partial charge in [0.15, 0.2) is 0 Å². The summed E-state index contributed by atoms with van der Waals surface area (Å²) in [6.07, 6.45) is 6.15. The van der Waals surface area contributed by atoms with E-state index in [9.17, 15) is 0 Å². The fourth-order valence-electron chi connectivity index (χ4n) is 0.389. The average molecular weight is 150 g/mol. The van der Waals surface area contributed by atoms with Crippen molar-refractivity contribution >= 4 is 0 Å². The molecule has 2 rings (SSSR count). The monoisotopic (exact) mass is 150 g/mol. The van der Waals surface area contributed by atoms with Gasteiger partial charge >= 0.3 is 0 Å². The Labute approximate surface area is 63.1 Å². The molecule has 0 unspecified atom stereocenters. The van der Waals surface area contributed by atoms with Gasteiger partial charge in [-0.25, -0.2) is 0 Å². The van der Waals surface area contributed by atoms with Crippen molar-refractivity contribution in [3.63, 3.8) is 0 Å². The highest BCUT2D eigenvalue weighted by atomic mass is 16.5. The summed E-state index contributed by atoms with van der Waals surface area (Å²) in [7, 11) is 0. The van der Waals surface area contributed by atoms with Crippen LogP contribution in [0.25, 0.3) is 0 Å². The Morgan fingerprint density at radius 2 is 1.55 bits per heavy atom. The van der Waals surface area contributed by atoms with Crippen LogP contribution in [0, 0.1) is 0 Å². The van der Waals surface area contributed by atoms with Crippen molar-refractivity contribution in [1.82, 2.24) is 20.6 Å². The first-order valence-corrected chi connectivity index (χ1v) is 2.93. The molecule has 2 aromatic rings. The van der Waals surface area contributed by atoms with E-state index >= 15 is 0 Å². The summed E-state index contributed by atoms with van der Waals surface area (Å²) in [6, 6.07) is 3.65. The van der Waals surface area contributed by atoms with Crippen LogP contribution in [-0.2, 0) is 0 Å². The van der Waals surface area contributed by atoms with Crippen LogP contribution in [0.5, 0.6) is 0 Å². The topological polar surface area (TPSA) is 64.7 Å². The molecule has 2 heterocycles. The molecule has 0 spiro atoms. The molecular weight excluding hydrogens is 144 g/mol. The quantitative estimate of drug-likeness (QED) is 0.548. The molecule has 0 saturated heterocycles. The van der Waals surface area contributed by atoms with Gasteiger partial charge < -0.3 is 4.52 Å². The maximum atomic E-state index is 4.22. The maximum Gasteiger partial charge on any atom is 0.144 e. The molecule has 0 radical (unpaired) electrons. The second-order valence-electron chi connectivity index (χ2n) is 1.50. The molecule has 0 aliphatic heterocycles. The van der Waals surface area contributed by atoms with Gasteiger partial charge in [0, 0.05) is 17.7 Å². The predicted molar refractivity (Wildman–Crippen MR) is 36.3 cm³/mol. The molecule has 11 heavy (non-hydrogen) atoms. The average Bonchev–Trinajstić information content (AvgIpc) is 2.64. The van der Waals surface area contributed by atoms with Crippen molar-refractivity contribution in [2.45, 2.75) is 0 Å². The van der Waals surface area contributed by atoms with E-state index in [1.54, 1.807) is 12.4 Å². The molecule has 0 aliphatic rings. The zero-order valence-corrected chi connectivity index (χ0v) is 5.66. The molecule has 0 aromatic carbocycles. The lowest BCUT2D eigenvalue weighted by molar-refractivity contribution is 0.393. The van der Waals surface area contributed by atoms with Gasteiger partial charge in [-0.1, -0.05) is 0 Å². The number of rotatable bonds is 0. The summed E-state index contributed by atoms with van der Waals surface area (Å²) in [5.41, 5.74) is 0. The lowest BCUT2D eigenvalue weighted by Gasteiger charge is -1.69. The molecule has 0 amide bonds. The van der Waals surface area contributed by atoms with E-state index in [1.807, 2.05) is 12.1 Å². The molecule has 56 valence electrons. The van der Waals surface area contributed by atoms with Gasteiger partial charge in [-0.3, -0.25) is 0 Å². The van der Waals surface area contributed by atoms with Crippen molar-refractivity contribution in [1.29, 1.82) is 0 Å². The fourth-order valence-corrected chi connectivity index (χ4v) is 0.389. The third kappa shape index (κ3) is 3.74. The lowest BCUT2D eigenvalue weighted by atomic mass is 10.6. The summed E-state index contributed by atoms with van der Waals surface area (Å²) in [4.78, 5) is 0. The molecule has 0 aliphatic carbocycles. The standard InChI is InChI=1S/C4H4N2.C2H2N2O/c1-2-4-6-5-3-1;1-2-5-4-3-1/h1-4H;1-2H. The molecule has 5 nitrogen and oxygen atoms in total. The van der Waals surface area contributed by atoms with Gasteiger partial charge in [-0.15, -0.1) is 5.10 Å². The Morgan fingerprint density at radius 3 is 1.73 bits per heavy atom. The summed E-state index contributed by atoms with van der Waals surface area (Å²) < 4.78 is 4.22. The summed E-state index contributed by atoms with van der Waals surface area (Å²) in [6.45, 7) is 0. The van der Waals surface area contributed by atoms with Crippen molar-refractivity contribution < 1.29 is 4.52 Å². The predicted octanol–water partition coefficient (Wildman–Crippen LogP) is 0.546. The maximum absolute atomic E-state index is 4.22. The van der Waals surface area contributed by atoms with Gasteiger partial charge in [0.25, 0.3) is 0 Å². The zero-order chi connectivity index (χ0) is 7.78. The minimum absolute atomic E-state index is 1.40. The highest BCUT2D eigenvalue weighted by Crippen LogP contribution is 1.68. The second kappa shape index (κ2) is 5.04. The molecule has 0 saturated carbocycles. The van der Waals surface area contributed by atoms with Gasteiger partial charge in [0.1, 0.15) is 6.26 Å². The van der Waals surface area contributed by atoms with Crippen LogP contribution in [0.3, 0.4) is 0 Å². The van der Waals surface area contributed by atoms with Crippen molar-refractivity contribution in [3.05, 3.63) is 37.0 Å². The van der Waals surface area contributed by atoms with E-state index in [0.29, 0.717) is 0 Å². The molecule has 0 bridgehead atoms. The Morgan fingerprint density at radius 1 is 0.818 bits per heavy atom. The summed E-state index contributed by atoms with van der Waals surface area (Å²) in [5.74, 6) is 0. The van der Waals surface area contributed by atoms with Crippen molar-refractivity contribution in [2.75, 3.05) is 0 Å². The minimum Gasteiger partial charge on any atom is -0.346 e. The van der Waals surface area contributed by atoms with E-state index < -0.39 is 0 Å². The number of aromatic nitrogens is 4. The van der Waals surface area contributed by atoms with E-state index in [0.717, 1.165) is 0 Å². The molecule has 0 N–H and O–H groups in total. The third-order valence-corrected chi connectivity index (χ3v) is 0.766. The van der Waals surface area contributed by atoms with E-state index in [2.05, 4.69) is 25.1 Å². The van der Waals surface area contributed by atoms with Crippen LogP contribution in [0.1, 0.15) is 0 Å². The summed E-state index contributed by atoms with van der Waals surface area (Å²) >= 11 is 0. The first-order chi connectivity index (χ1) is 5.50. The zero-order valence-electron chi connectivity index (χ0n) is 5.66. The van der Waals surface area contributed by atoms with E-state index in [-0.39, 0.29) is 0 Å². The molecule has 0 fully saturated rings.